The highest BCUT2D eigenvalue weighted by Gasteiger charge is 2.34. The Morgan fingerprint density at radius 1 is 1.33 bits per heavy atom. The average molecular weight is 325 g/mol. The van der Waals surface area contributed by atoms with Crippen LogP contribution in [0.1, 0.15) is 12.5 Å². The van der Waals surface area contributed by atoms with Crippen LogP contribution in [0.4, 0.5) is 18.9 Å². The van der Waals surface area contributed by atoms with Crippen molar-refractivity contribution in [2.24, 2.45) is 0 Å². The molecule has 116 valence electrons. The third-order valence-electron chi connectivity index (χ3n) is 2.30. The lowest BCUT2D eigenvalue weighted by molar-refractivity contribution is -0.138. The van der Waals surface area contributed by atoms with Crippen LogP contribution in [-0.2, 0) is 15.8 Å². The summed E-state index contributed by atoms with van der Waals surface area (Å²) >= 11 is 5.49. The summed E-state index contributed by atoms with van der Waals surface area (Å²) in [5.41, 5.74) is -1.74. The summed E-state index contributed by atoms with van der Waals surface area (Å²) in [6, 6.07) is 2.75. The van der Waals surface area contributed by atoms with Crippen molar-refractivity contribution in [3.05, 3.63) is 28.8 Å². The van der Waals surface area contributed by atoms with Gasteiger partial charge in [0.15, 0.2) is 0 Å². The molecule has 0 bridgehead atoms. The van der Waals surface area contributed by atoms with Crippen molar-refractivity contribution < 1.29 is 27.9 Å². The first-order valence-corrected chi connectivity index (χ1v) is 6.13. The largest absolute Gasteiger partial charge is 0.418 e. The fourth-order valence-electron chi connectivity index (χ4n) is 1.36. The van der Waals surface area contributed by atoms with E-state index in [0.29, 0.717) is 6.07 Å². The molecule has 0 spiro atoms. The minimum absolute atomic E-state index is 0.154. The van der Waals surface area contributed by atoms with Crippen molar-refractivity contribution in [1.82, 2.24) is 5.32 Å². The first-order chi connectivity index (χ1) is 9.61. The topological polar surface area (TPSA) is 78.4 Å². The second kappa shape index (κ2) is 6.77. The summed E-state index contributed by atoms with van der Waals surface area (Å²) in [6.45, 7) is 1.18. The van der Waals surface area contributed by atoms with Crippen molar-refractivity contribution >= 4 is 29.1 Å². The number of nitrogens with one attached hydrogen (secondary N) is 2. The van der Waals surface area contributed by atoms with Crippen LogP contribution in [0.3, 0.4) is 0 Å². The number of carbonyl (C=O) groups excluding carboxylic acids is 2. The number of aliphatic hydroxyl groups excluding tert-OH is 1. The van der Waals surface area contributed by atoms with E-state index >= 15 is 0 Å². The molecule has 9 heteroatoms. The zero-order chi connectivity index (χ0) is 16.2. The minimum Gasteiger partial charge on any atom is -0.392 e. The number of rotatable bonds is 3. The number of aliphatic hydroxyl groups is 1. The number of anilines is 1. The molecule has 3 N–H and O–H groups in total. The first kappa shape index (κ1) is 17.3. The van der Waals surface area contributed by atoms with Gasteiger partial charge in [0.2, 0.25) is 0 Å². The van der Waals surface area contributed by atoms with Crippen molar-refractivity contribution in [3.63, 3.8) is 0 Å². The zero-order valence-electron chi connectivity index (χ0n) is 10.8. The van der Waals surface area contributed by atoms with Crippen LogP contribution in [0.2, 0.25) is 5.02 Å². The Morgan fingerprint density at radius 2 is 1.95 bits per heavy atom. The number of alkyl halides is 3. The van der Waals surface area contributed by atoms with Crippen LogP contribution in [-0.4, -0.2) is 29.6 Å². The fraction of sp³-hybridized carbons (Fsp3) is 0.333. The minimum atomic E-state index is -4.73. The van der Waals surface area contributed by atoms with Crippen molar-refractivity contribution in [1.29, 1.82) is 0 Å². The number of hydrogen-bond acceptors (Lipinski definition) is 3. The van der Waals surface area contributed by atoms with E-state index in [2.05, 4.69) is 5.32 Å². The second-order valence-corrected chi connectivity index (χ2v) is 4.64. The van der Waals surface area contributed by atoms with Gasteiger partial charge in [-0.2, -0.15) is 13.2 Å². The molecule has 5 nitrogen and oxygen atoms in total. The summed E-state index contributed by atoms with van der Waals surface area (Å²) in [4.78, 5) is 22.8. The maximum Gasteiger partial charge on any atom is 0.418 e. The van der Waals surface area contributed by atoms with Gasteiger partial charge in [0, 0.05) is 11.6 Å². The van der Waals surface area contributed by atoms with E-state index in [0.717, 1.165) is 12.1 Å². The first-order valence-electron chi connectivity index (χ1n) is 5.75. The van der Waals surface area contributed by atoms with Gasteiger partial charge in [0.05, 0.1) is 17.4 Å². The molecule has 0 fully saturated rings. The van der Waals surface area contributed by atoms with E-state index in [9.17, 15) is 22.8 Å². The van der Waals surface area contributed by atoms with Crippen LogP contribution in [0, 0.1) is 0 Å². The zero-order valence-corrected chi connectivity index (χ0v) is 11.5. The number of carbonyl (C=O) groups is 2. The number of amides is 2. The van der Waals surface area contributed by atoms with Gasteiger partial charge in [-0.15, -0.1) is 0 Å². The molecule has 21 heavy (non-hydrogen) atoms. The number of halogens is 4. The predicted octanol–water partition coefficient (Wildman–Crippen LogP) is 1.79. The lowest BCUT2D eigenvalue weighted by atomic mass is 10.1. The molecule has 2 amide bonds. The molecular formula is C12H12ClF3N2O3. The molecule has 0 aliphatic carbocycles. The van der Waals surface area contributed by atoms with Crippen LogP contribution in [0.15, 0.2) is 18.2 Å². The van der Waals surface area contributed by atoms with E-state index < -0.39 is 35.3 Å². The Balaban J connectivity index is 2.88. The highest BCUT2D eigenvalue weighted by atomic mass is 35.5. The SMILES string of the molecule is CC(O)CNC(=O)C(=O)Nc1ccc(Cl)cc1C(F)(F)F. The lowest BCUT2D eigenvalue weighted by Crippen LogP contribution is -2.39. The Labute approximate surface area is 123 Å². The molecule has 1 atom stereocenters. The van der Waals surface area contributed by atoms with Crippen LogP contribution >= 0.6 is 11.6 Å². The molecule has 0 heterocycles. The molecule has 1 unspecified atom stereocenters. The van der Waals surface area contributed by atoms with E-state index in [1.165, 1.54) is 6.92 Å². The Morgan fingerprint density at radius 3 is 2.48 bits per heavy atom. The summed E-state index contributed by atoms with van der Waals surface area (Å²) < 4.78 is 38.4. The third kappa shape index (κ3) is 5.24. The maximum absolute atomic E-state index is 12.8. The van der Waals surface area contributed by atoms with Gasteiger partial charge in [-0.25, -0.2) is 0 Å². The predicted molar refractivity (Wildman–Crippen MR) is 69.8 cm³/mol. The number of benzene rings is 1. The Hall–Kier alpha value is -1.80. The summed E-state index contributed by atoms with van der Waals surface area (Å²) in [6.07, 6.45) is -5.62. The fourth-order valence-corrected chi connectivity index (χ4v) is 1.53. The molecule has 0 saturated carbocycles. The molecular weight excluding hydrogens is 313 g/mol. The van der Waals surface area contributed by atoms with E-state index in [1.54, 1.807) is 0 Å². The van der Waals surface area contributed by atoms with Gasteiger partial charge in [-0.05, 0) is 25.1 Å². The molecule has 0 saturated heterocycles. The molecule has 0 aliphatic rings. The van der Waals surface area contributed by atoms with Gasteiger partial charge < -0.3 is 15.7 Å². The van der Waals surface area contributed by atoms with Gasteiger partial charge in [-0.3, -0.25) is 9.59 Å². The van der Waals surface area contributed by atoms with Gasteiger partial charge in [0.1, 0.15) is 0 Å². The van der Waals surface area contributed by atoms with Crippen LogP contribution < -0.4 is 10.6 Å². The molecule has 0 aliphatic heterocycles. The van der Waals surface area contributed by atoms with Crippen LogP contribution in [0.5, 0.6) is 0 Å². The van der Waals surface area contributed by atoms with Gasteiger partial charge in [-0.1, -0.05) is 11.6 Å². The molecule has 0 radical (unpaired) electrons. The smallest absolute Gasteiger partial charge is 0.392 e. The molecule has 1 rings (SSSR count). The van der Waals surface area contributed by atoms with E-state index in [4.69, 9.17) is 16.7 Å². The average Bonchev–Trinajstić information content (AvgIpc) is 2.36. The van der Waals surface area contributed by atoms with E-state index in [-0.39, 0.29) is 11.6 Å². The maximum atomic E-state index is 12.8. The standard InChI is InChI=1S/C12H12ClF3N2O3/c1-6(19)5-17-10(20)11(21)18-9-3-2-7(13)4-8(9)12(14,15)16/h2-4,6,19H,5H2,1H3,(H,17,20)(H,18,21). The van der Waals surface area contributed by atoms with E-state index in [1.807, 2.05) is 5.32 Å². The highest BCUT2D eigenvalue weighted by Crippen LogP contribution is 2.36. The summed E-state index contributed by atoms with van der Waals surface area (Å²) in [7, 11) is 0. The number of hydrogen-bond donors (Lipinski definition) is 3. The monoisotopic (exact) mass is 324 g/mol. The Bertz CT molecular complexity index is 547. The Kier molecular flexibility index (Phi) is 5.56. The molecule has 0 aromatic heterocycles. The summed E-state index contributed by atoms with van der Waals surface area (Å²) in [5.74, 6) is -2.43. The highest BCUT2D eigenvalue weighted by molar-refractivity contribution is 6.39. The van der Waals surface area contributed by atoms with Crippen molar-refractivity contribution in [2.45, 2.75) is 19.2 Å². The van der Waals surface area contributed by atoms with Gasteiger partial charge >= 0.3 is 18.0 Å². The normalized spacial score (nSPS) is 12.7. The van der Waals surface area contributed by atoms with Crippen LogP contribution in [0.25, 0.3) is 0 Å². The summed E-state index contributed by atoms with van der Waals surface area (Å²) in [5, 5.41) is 12.7. The van der Waals surface area contributed by atoms with Crippen molar-refractivity contribution in [2.75, 3.05) is 11.9 Å². The van der Waals surface area contributed by atoms with Gasteiger partial charge in [0.25, 0.3) is 0 Å². The molecule has 1 aromatic carbocycles. The second-order valence-electron chi connectivity index (χ2n) is 4.20. The quantitative estimate of drug-likeness (QED) is 0.742. The lowest BCUT2D eigenvalue weighted by Gasteiger charge is -2.14. The molecule has 1 aromatic rings. The third-order valence-corrected chi connectivity index (χ3v) is 2.53. The van der Waals surface area contributed by atoms with Crippen molar-refractivity contribution in [3.8, 4) is 0 Å².